The lowest BCUT2D eigenvalue weighted by molar-refractivity contribution is -0.123. The number of benzene rings is 2. The van der Waals surface area contributed by atoms with Gasteiger partial charge >= 0.3 is 0 Å². The van der Waals surface area contributed by atoms with Gasteiger partial charge in [-0.25, -0.2) is 9.37 Å². The van der Waals surface area contributed by atoms with Gasteiger partial charge in [0, 0.05) is 38.1 Å². The molecule has 1 fully saturated rings. The van der Waals surface area contributed by atoms with Crippen LogP contribution in [0, 0.1) is 12.7 Å². The Hall–Kier alpha value is -3.75. The number of amides is 1. The number of nitrogens with two attached hydrogens (primary N) is 1. The van der Waals surface area contributed by atoms with Crippen LogP contribution in [0.2, 0.25) is 0 Å². The number of fused-ring (bicyclic) bond motifs is 1. The van der Waals surface area contributed by atoms with Crippen molar-refractivity contribution in [1.29, 1.82) is 0 Å². The molecule has 1 amide bonds. The van der Waals surface area contributed by atoms with Crippen molar-refractivity contribution >= 4 is 16.9 Å². The number of nitrogens with zero attached hydrogens (tertiary/aromatic N) is 2. The first kappa shape index (κ1) is 24.9. The number of H-pyrrole nitrogens is 1. The van der Waals surface area contributed by atoms with Gasteiger partial charge in [-0.2, -0.15) is 0 Å². The SMILES string of the molecule is Cc1c[nH]c2nccc(Oc3ccc(CC(N)C(=O)NC4CCN(Cc5ccccc5)CC4)cc3F)c12. The minimum Gasteiger partial charge on any atom is -0.453 e. The molecule has 0 saturated carbocycles. The van der Waals surface area contributed by atoms with E-state index < -0.39 is 11.9 Å². The number of aryl methyl sites for hydroxylation is 1. The Bertz CT molecular complexity index is 1370. The van der Waals surface area contributed by atoms with Crippen LogP contribution >= 0.6 is 0 Å². The van der Waals surface area contributed by atoms with Crippen LogP contribution in [0.5, 0.6) is 11.5 Å². The highest BCUT2D eigenvalue weighted by Crippen LogP contribution is 2.32. The maximum absolute atomic E-state index is 14.9. The monoisotopic (exact) mass is 501 g/mol. The zero-order valence-electron chi connectivity index (χ0n) is 20.9. The molecule has 4 aromatic rings. The van der Waals surface area contributed by atoms with E-state index in [1.165, 1.54) is 11.6 Å². The van der Waals surface area contributed by atoms with E-state index in [0.717, 1.165) is 43.4 Å². The first-order valence-corrected chi connectivity index (χ1v) is 12.7. The zero-order valence-corrected chi connectivity index (χ0v) is 20.9. The topological polar surface area (TPSA) is 96.3 Å². The molecule has 7 nitrogen and oxygen atoms in total. The number of nitrogens with one attached hydrogen (secondary N) is 2. The highest BCUT2D eigenvalue weighted by Gasteiger charge is 2.23. The predicted octanol–water partition coefficient (Wildman–Crippen LogP) is 4.45. The molecule has 1 atom stereocenters. The molecule has 3 heterocycles. The van der Waals surface area contributed by atoms with Gasteiger partial charge in [0.25, 0.3) is 0 Å². The number of rotatable bonds is 8. The van der Waals surface area contributed by atoms with Crippen molar-refractivity contribution < 1.29 is 13.9 Å². The van der Waals surface area contributed by atoms with Crippen LogP contribution in [-0.4, -0.2) is 45.9 Å². The first-order chi connectivity index (χ1) is 18.0. The summed E-state index contributed by atoms with van der Waals surface area (Å²) in [4.78, 5) is 22.5. The van der Waals surface area contributed by atoms with Gasteiger partial charge in [0.15, 0.2) is 11.6 Å². The predicted molar refractivity (Wildman–Crippen MR) is 142 cm³/mol. The molecule has 0 aliphatic carbocycles. The van der Waals surface area contributed by atoms with Crippen molar-refractivity contribution in [3.63, 3.8) is 0 Å². The Labute approximate surface area is 215 Å². The lowest BCUT2D eigenvalue weighted by Gasteiger charge is -2.32. The normalized spacial score (nSPS) is 15.5. The molecule has 1 unspecified atom stereocenters. The van der Waals surface area contributed by atoms with E-state index in [2.05, 4.69) is 44.5 Å². The quantitative estimate of drug-likeness (QED) is 0.331. The number of hydrogen-bond acceptors (Lipinski definition) is 5. The molecule has 2 aromatic heterocycles. The Kier molecular flexibility index (Phi) is 7.48. The number of piperidine rings is 1. The van der Waals surface area contributed by atoms with E-state index in [1.807, 2.05) is 19.2 Å². The third-order valence-electron chi connectivity index (χ3n) is 6.92. The van der Waals surface area contributed by atoms with Crippen LogP contribution in [0.25, 0.3) is 11.0 Å². The molecule has 0 spiro atoms. The fraction of sp³-hybridized carbons (Fsp3) is 0.310. The fourth-order valence-electron chi connectivity index (χ4n) is 4.87. The van der Waals surface area contributed by atoms with Gasteiger partial charge in [-0.1, -0.05) is 36.4 Å². The van der Waals surface area contributed by atoms with Gasteiger partial charge < -0.3 is 20.8 Å². The van der Waals surface area contributed by atoms with E-state index in [4.69, 9.17) is 10.5 Å². The molecule has 0 radical (unpaired) electrons. The molecule has 8 heteroatoms. The summed E-state index contributed by atoms with van der Waals surface area (Å²) >= 11 is 0. The lowest BCUT2D eigenvalue weighted by atomic mass is 10.0. The second-order valence-electron chi connectivity index (χ2n) is 9.73. The average Bonchev–Trinajstić information content (AvgIpc) is 3.29. The van der Waals surface area contributed by atoms with Crippen molar-refractivity contribution in [3.8, 4) is 11.5 Å². The van der Waals surface area contributed by atoms with Crippen LogP contribution in [-0.2, 0) is 17.8 Å². The Balaban J connectivity index is 1.13. The number of pyridine rings is 1. The van der Waals surface area contributed by atoms with E-state index in [-0.39, 0.29) is 24.1 Å². The average molecular weight is 502 g/mol. The van der Waals surface area contributed by atoms with Crippen LogP contribution in [0.4, 0.5) is 4.39 Å². The fourth-order valence-corrected chi connectivity index (χ4v) is 4.87. The molecule has 1 aliphatic heterocycles. The molecule has 192 valence electrons. The number of carbonyl (C=O) groups excluding carboxylic acids is 1. The van der Waals surface area contributed by atoms with Gasteiger partial charge in [-0.3, -0.25) is 9.69 Å². The third-order valence-corrected chi connectivity index (χ3v) is 6.92. The minimum absolute atomic E-state index is 0.104. The lowest BCUT2D eigenvalue weighted by Crippen LogP contribution is -2.50. The molecular formula is C29H32FN5O2. The van der Waals surface area contributed by atoms with Gasteiger partial charge in [0.2, 0.25) is 5.91 Å². The summed E-state index contributed by atoms with van der Waals surface area (Å²) in [6.45, 7) is 4.71. The number of aromatic amines is 1. The molecule has 1 saturated heterocycles. The van der Waals surface area contributed by atoms with Crippen molar-refractivity contribution in [3.05, 3.63) is 89.5 Å². The largest absolute Gasteiger partial charge is 0.453 e. The van der Waals surface area contributed by atoms with Crippen molar-refractivity contribution in [2.24, 2.45) is 5.73 Å². The van der Waals surface area contributed by atoms with Gasteiger partial charge in [0.05, 0.1) is 11.4 Å². The molecule has 37 heavy (non-hydrogen) atoms. The summed E-state index contributed by atoms with van der Waals surface area (Å²) in [5, 5.41) is 3.90. The highest BCUT2D eigenvalue weighted by molar-refractivity contribution is 5.86. The third kappa shape index (κ3) is 5.98. The molecule has 1 aliphatic rings. The summed E-state index contributed by atoms with van der Waals surface area (Å²) < 4.78 is 20.8. The molecular weight excluding hydrogens is 469 g/mol. The minimum atomic E-state index is -0.754. The molecule has 4 N–H and O–H groups in total. The van der Waals surface area contributed by atoms with Gasteiger partial charge in [-0.05, 0) is 61.1 Å². The van der Waals surface area contributed by atoms with Gasteiger partial charge in [-0.15, -0.1) is 0 Å². The van der Waals surface area contributed by atoms with E-state index in [0.29, 0.717) is 17.0 Å². The molecule has 2 aromatic carbocycles. The number of likely N-dealkylation sites (tertiary alicyclic amines) is 1. The number of hydrogen-bond donors (Lipinski definition) is 3. The van der Waals surface area contributed by atoms with E-state index in [9.17, 15) is 9.18 Å². The Morgan fingerprint density at radius 1 is 1.16 bits per heavy atom. The first-order valence-electron chi connectivity index (χ1n) is 12.7. The highest BCUT2D eigenvalue weighted by atomic mass is 19.1. The summed E-state index contributed by atoms with van der Waals surface area (Å²) in [7, 11) is 0. The second kappa shape index (κ2) is 11.1. The van der Waals surface area contributed by atoms with Crippen molar-refractivity contribution in [2.45, 2.75) is 44.8 Å². The standard InChI is InChI=1S/C29H32FN5O2/c1-19-17-33-28-27(19)26(9-12-32-28)37-25-8-7-21(15-23(25)30)16-24(31)29(36)34-22-10-13-35(14-11-22)18-20-5-3-2-4-6-20/h2-9,12,15,17,22,24H,10-11,13-14,16,18,31H2,1H3,(H,32,33)(H,34,36). The summed E-state index contributed by atoms with van der Waals surface area (Å²) in [5.74, 6) is -0.0724. The van der Waals surface area contributed by atoms with Crippen LogP contribution in [0.15, 0.2) is 67.0 Å². The van der Waals surface area contributed by atoms with Gasteiger partial charge in [0.1, 0.15) is 11.4 Å². The van der Waals surface area contributed by atoms with Crippen LogP contribution in [0.1, 0.15) is 29.5 Å². The number of ether oxygens (including phenoxy) is 1. The summed E-state index contributed by atoms with van der Waals surface area (Å²) in [6.07, 6.45) is 5.46. The molecule has 5 rings (SSSR count). The summed E-state index contributed by atoms with van der Waals surface area (Å²) in [6, 6.07) is 16.2. The van der Waals surface area contributed by atoms with Crippen LogP contribution in [0.3, 0.4) is 0 Å². The Morgan fingerprint density at radius 3 is 2.70 bits per heavy atom. The number of carbonyl (C=O) groups is 1. The number of halogens is 1. The number of aromatic nitrogens is 2. The van der Waals surface area contributed by atoms with Crippen LogP contribution < -0.4 is 15.8 Å². The Morgan fingerprint density at radius 2 is 1.95 bits per heavy atom. The zero-order chi connectivity index (χ0) is 25.8. The van der Waals surface area contributed by atoms with Crippen molar-refractivity contribution in [1.82, 2.24) is 20.2 Å². The van der Waals surface area contributed by atoms with E-state index >= 15 is 0 Å². The second-order valence-corrected chi connectivity index (χ2v) is 9.73. The smallest absolute Gasteiger partial charge is 0.237 e. The van der Waals surface area contributed by atoms with Crippen molar-refractivity contribution in [2.75, 3.05) is 13.1 Å². The maximum atomic E-state index is 14.9. The molecule has 0 bridgehead atoms. The maximum Gasteiger partial charge on any atom is 0.237 e. The van der Waals surface area contributed by atoms with E-state index in [1.54, 1.807) is 24.4 Å². The summed E-state index contributed by atoms with van der Waals surface area (Å²) in [5.41, 5.74) is 9.78.